The Morgan fingerprint density at radius 1 is 1.35 bits per heavy atom. The van der Waals surface area contributed by atoms with Crippen molar-refractivity contribution in [1.29, 1.82) is 0 Å². The molecule has 1 aliphatic rings. The molecule has 1 aromatic rings. The van der Waals surface area contributed by atoms with Crippen LogP contribution in [0.3, 0.4) is 0 Å². The first-order chi connectivity index (χ1) is 9.49. The van der Waals surface area contributed by atoms with Gasteiger partial charge in [0.05, 0.1) is 6.54 Å². The van der Waals surface area contributed by atoms with Crippen LogP contribution in [-0.4, -0.2) is 35.8 Å². The van der Waals surface area contributed by atoms with Crippen LogP contribution in [0.5, 0.6) is 0 Å². The van der Waals surface area contributed by atoms with Crippen LogP contribution >= 0.6 is 0 Å². The van der Waals surface area contributed by atoms with Crippen LogP contribution in [-0.2, 0) is 17.8 Å². The summed E-state index contributed by atoms with van der Waals surface area (Å²) in [4.78, 5) is 25.1. The van der Waals surface area contributed by atoms with E-state index in [4.69, 9.17) is 5.73 Å². The third kappa shape index (κ3) is 3.17. The summed E-state index contributed by atoms with van der Waals surface area (Å²) >= 11 is 0. The number of hydrogen-bond donors (Lipinski definition) is 2. The highest BCUT2D eigenvalue weighted by molar-refractivity contribution is 5.96. The van der Waals surface area contributed by atoms with Crippen molar-refractivity contribution in [3.8, 4) is 0 Å². The largest absolute Gasteiger partial charge is 0.368 e. The van der Waals surface area contributed by atoms with Crippen LogP contribution in [0, 0.1) is 0 Å². The van der Waals surface area contributed by atoms with Crippen molar-refractivity contribution < 1.29 is 9.59 Å². The maximum atomic E-state index is 12.5. The van der Waals surface area contributed by atoms with Gasteiger partial charge in [0.25, 0.3) is 5.91 Å². The summed E-state index contributed by atoms with van der Waals surface area (Å²) in [6.45, 7) is 5.46. The number of benzene rings is 1. The molecule has 0 spiro atoms. The topological polar surface area (TPSA) is 75.4 Å². The predicted molar refractivity (Wildman–Crippen MR) is 77.2 cm³/mol. The molecule has 0 bridgehead atoms. The van der Waals surface area contributed by atoms with Gasteiger partial charge in [0.1, 0.15) is 0 Å². The third-order valence-electron chi connectivity index (χ3n) is 3.55. The Balaban J connectivity index is 2.24. The van der Waals surface area contributed by atoms with E-state index in [0.29, 0.717) is 5.56 Å². The van der Waals surface area contributed by atoms with Crippen molar-refractivity contribution in [2.75, 3.05) is 13.1 Å². The van der Waals surface area contributed by atoms with Crippen LogP contribution in [0.15, 0.2) is 18.2 Å². The number of hydrogen-bond acceptors (Lipinski definition) is 3. The molecule has 0 unspecified atom stereocenters. The normalized spacial score (nSPS) is 13.9. The summed E-state index contributed by atoms with van der Waals surface area (Å²) in [6.07, 6.45) is 0.985. The monoisotopic (exact) mass is 275 g/mol. The van der Waals surface area contributed by atoms with E-state index in [1.165, 1.54) is 10.5 Å². The lowest BCUT2D eigenvalue weighted by Gasteiger charge is -2.26. The van der Waals surface area contributed by atoms with E-state index in [1.807, 2.05) is 32.0 Å². The van der Waals surface area contributed by atoms with Gasteiger partial charge >= 0.3 is 0 Å². The Labute approximate surface area is 119 Å². The number of nitrogens with two attached hydrogens (primary N) is 1. The maximum Gasteiger partial charge on any atom is 0.254 e. The van der Waals surface area contributed by atoms with Crippen molar-refractivity contribution in [3.05, 3.63) is 34.9 Å². The minimum atomic E-state index is -0.494. The molecule has 5 nitrogen and oxygen atoms in total. The molecule has 1 aromatic carbocycles. The Hall–Kier alpha value is -1.88. The van der Waals surface area contributed by atoms with Crippen molar-refractivity contribution in [2.24, 2.45) is 5.73 Å². The fourth-order valence-corrected chi connectivity index (χ4v) is 2.44. The highest BCUT2D eigenvalue weighted by Gasteiger charge is 2.21. The van der Waals surface area contributed by atoms with Crippen LogP contribution < -0.4 is 11.1 Å². The molecule has 0 fully saturated rings. The third-order valence-corrected chi connectivity index (χ3v) is 3.55. The molecule has 108 valence electrons. The second-order valence-electron chi connectivity index (χ2n) is 5.40. The van der Waals surface area contributed by atoms with Gasteiger partial charge in [-0.05, 0) is 50.1 Å². The van der Waals surface area contributed by atoms with Crippen LogP contribution in [0.25, 0.3) is 0 Å². The molecular formula is C15H21N3O2. The molecule has 0 aromatic heterocycles. The molecule has 0 radical (unpaired) electrons. The summed E-state index contributed by atoms with van der Waals surface area (Å²) in [7, 11) is 0. The van der Waals surface area contributed by atoms with E-state index >= 15 is 0 Å². The summed E-state index contributed by atoms with van der Waals surface area (Å²) in [5.74, 6) is -0.640. The number of carbonyl (C=O) groups is 2. The minimum Gasteiger partial charge on any atom is -0.368 e. The average molecular weight is 275 g/mol. The summed E-state index contributed by atoms with van der Waals surface area (Å²) in [5.41, 5.74) is 8.27. The molecule has 5 heteroatoms. The lowest BCUT2D eigenvalue weighted by atomic mass is 9.98. The minimum absolute atomic E-state index is 0.0498. The van der Waals surface area contributed by atoms with Gasteiger partial charge < -0.3 is 16.0 Å². The Bertz CT molecular complexity index is 526. The number of primary amides is 1. The summed E-state index contributed by atoms with van der Waals surface area (Å²) in [5, 5.41) is 3.29. The molecule has 20 heavy (non-hydrogen) atoms. The zero-order chi connectivity index (χ0) is 14.7. The Kier molecular flexibility index (Phi) is 4.39. The van der Waals surface area contributed by atoms with Gasteiger partial charge in [-0.15, -0.1) is 0 Å². The van der Waals surface area contributed by atoms with Gasteiger partial charge in [0.15, 0.2) is 0 Å². The maximum absolute atomic E-state index is 12.5. The number of nitrogens with one attached hydrogen (secondary N) is 1. The quantitative estimate of drug-likeness (QED) is 0.848. The van der Waals surface area contributed by atoms with Gasteiger partial charge in [-0.3, -0.25) is 9.59 Å². The molecule has 2 amide bonds. The smallest absolute Gasteiger partial charge is 0.254 e. The highest BCUT2D eigenvalue weighted by atomic mass is 16.2. The fraction of sp³-hybridized carbons (Fsp3) is 0.467. The molecule has 2 rings (SSSR count). The van der Waals surface area contributed by atoms with E-state index in [9.17, 15) is 9.59 Å². The van der Waals surface area contributed by atoms with Gasteiger partial charge in [-0.2, -0.15) is 0 Å². The number of rotatable bonds is 4. The molecule has 0 aliphatic carbocycles. The average Bonchev–Trinajstić information content (AvgIpc) is 2.43. The first-order valence-electron chi connectivity index (χ1n) is 6.91. The standard InChI is InChI=1S/C15H21N3O2/c1-10(2)18(9-14(16)19)15(20)12-4-3-11-5-6-17-8-13(11)7-12/h3-4,7,10,17H,5-6,8-9H2,1-2H3,(H2,16,19). The predicted octanol–water partition coefficient (Wildman–Crippen LogP) is 0.668. The first-order valence-corrected chi connectivity index (χ1v) is 6.91. The van der Waals surface area contributed by atoms with Crippen molar-refractivity contribution >= 4 is 11.8 Å². The number of nitrogens with zero attached hydrogens (tertiary/aromatic N) is 1. The molecule has 1 aliphatic heterocycles. The second-order valence-corrected chi connectivity index (χ2v) is 5.40. The molecule has 1 heterocycles. The highest BCUT2D eigenvalue weighted by Crippen LogP contribution is 2.17. The van der Waals surface area contributed by atoms with Gasteiger partial charge in [0.2, 0.25) is 5.91 Å². The summed E-state index contributed by atoms with van der Waals surface area (Å²) < 4.78 is 0. The SMILES string of the molecule is CC(C)N(CC(N)=O)C(=O)c1ccc2c(c1)CNCC2. The Morgan fingerprint density at radius 2 is 2.10 bits per heavy atom. The van der Waals surface area contributed by atoms with E-state index in [0.717, 1.165) is 25.1 Å². The number of amides is 2. The van der Waals surface area contributed by atoms with Crippen molar-refractivity contribution in [2.45, 2.75) is 32.9 Å². The zero-order valence-electron chi connectivity index (χ0n) is 12.0. The Morgan fingerprint density at radius 3 is 2.75 bits per heavy atom. The lowest BCUT2D eigenvalue weighted by Crippen LogP contribution is -2.42. The van der Waals surface area contributed by atoms with E-state index in [1.54, 1.807) is 0 Å². The second kappa shape index (κ2) is 6.05. The molecule has 0 saturated heterocycles. The fourth-order valence-electron chi connectivity index (χ4n) is 2.44. The van der Waals surface area contributed by atoms with E-state index in [-0.39, 0.29) is 18.5 Å². The number of fused-ring (bicyclic) bond motifs is 1. The van der Waals surface area contributed by atoms with Crippen LogP contribution in [0.1, 0.15) is 35.3 Å². The first kappa shape index (κ1) is 14.5. The van der Waals surface area contributed by atoms with Gasteiger partial charge in [0, 0.05) is 18.2 Å². The van der Waals surface area contributed by atoms with Gasteiger partial charge in [-0.25, -0.2) is 0 Å². The molecule has 0 saturated carbocycles. The summed E-state index contributed by atoms with van der Waals surface area (Å²) in [6, 6.07) is 5.69. The van der Waals surface area contributed by atoms with Crippen LogP contribution in [0.2, 0.25) is 0 Å². The van der Waals surface area contributed by atoms with Crippen LogP contribution in [0.4, 0.5) is 0 Å². The molecule has 0 atom stereocenters. The van der Waals surface area contributed by atoms with Crippen molar-refractivity contribution in [3.63, 3.8) is 0 Å². The van der Waals surface area contributed by atoms with E-state index in [2.05, 4.69) is 5.32 Å². The number of carbonyl (C=O) groups excluding carboxylic acids is 2. The lowest BCUT2D eigenvalue weighted by molar-refractivity contribution is -0.119. The zero-order valence-corrected chi connectivity index (χ0v) is 12.0. The van der Waals surface area contributed by atoms with E-state index < -0.39 is 5.91 Å². The molecule has 3 N–H and O–H groups in total. The van der Waals surface area contributed by atoms with Crippen molar-refractivity contribution in [1.82, 2.24) is 10.2 Å². The molecular weight excluding hydrogens is 254 g/mol. The van der Waals surface area contributed by atoms with Gasteiger partial charge in [-0.1, -0.05) is 6.07 Å².